The first kappa shape index (κ1) is 32.8. The molecule has 4 heterocycles. The van der Waals surface area contributed by atoms with Crippen molar-refractivity contribution in [1.82, 2.24) is 19.3 Å². The first-order valence-corrected chi connectivity index (χ1v) is 18.1. The molecule has 1 N–H and O–H groups in total. The smallest absolute Gasteiger partial charge is 0.337 e. The van der Waals surface area contributed by atoms with E-state index in [0.29, 0.717) is 44.8 Å². The number of hydrogen-bond acceptors (Lipinski definition) is 6. The molecule has 0 saturated carbocycles. The summed E-state index contributed by atoms with van der Waals surface area (Å²) in [4.78, 5) is 17.7. The predicted octanol–water partition coefficient (Wildman–Crippen LogP) is 7.61. The summed E-state index contributed by atoms with van der Waals surface area (Å²) in [7, 11) is -1.83. The number of fused-ring (bicyclic) bond motifs is 1. The number of aliphatic carboxylic acids is 1. The maximum Gasteiger partial charge on any atom is 0.337 e. The van der Waals surface area contributed by atoms with Crippen molar-refractivity contribution >= 4 is 55.1 Å². The van der Waals surface area contributed by atoms with E-state index in [-0.39, 0.29) is 6.54 Å². The fraction of sp³-hybridized carbons (Fsp3) is 0.270. The van der Waals surface area contributed by atoms with Gasteiger partial charge in [-0.3, -0.25) is 14.0 Å². The number of hydrogen-bond donors (Lipinski definition) is 1. The second kappa shape index (κ2) is 11.7. The molecule has 3 aromatic heterocycles. The molecule has 49 heavy (non-hydrogen) atoms. The number of ether oxygens (including phenoxy) is 1. The summed E-state index contributed by atoms with van der Waals surface area (Å²) in [6.45, 7) is 7.74. The molecule has 0 fully saturated rings. The van der Waals surface area contributed by atoms with E-state index in [1.807, 2.05) is 60.4 Å². The summed E-state index contributed by atoms with van der Waals surface area (Å²) in [6, 6.07) is 19.3. The largest absolute Gasteiger partial charge is 0.479 e. The van der Waals surface area contributed by atoms with Gasteiger partial charge in [0, 0.05) is 58.0 Å². The number of aryl methyl sites for hydroxylation is 1. The van der Waals surface area contributed by atoms with E-state index >= 15 is 0 Å². The van der Waals surface area contributed by atoms with Gasteiger partial charge < -0.3 is 14.4 Å². The fourth-order valence-electron chi connectivity index (χ4n) is 6.96. The van der Waals surface area contributed by atoms with Gasteiger partial charge in [-0.05, 0) is 86.8 Å². The molecule has 0 saturated heterocycles. The molecule has 6 aromatic rings. The molecular weight excluding hydrogens is 662 g/mol. The number of benzene rings is 3. The Balaban J connectivity index is 1.55. The van der Waals surface area contributed by atoms with Crippen molar-refractivity contribution in [1.29, 1.82) is 0 Å². The summed E-state index contributed by atoms with van der Waals surface area (Å²) >= 11 is 6.32. The van der Waals surface area contributed by atoms with Crippen molar-refractivity contribution in [3.05, 3.63) is 89.2 Å². The summed E-state index contributed by atoms with van der Waals surface area (Å²) in [5, 5.41) is 17.3. The third-order valence-electron chi connectivity index (χ3n) is 8.98. The minimum atomic E-state index is -3.74. The lowest BCUT2D eigenvalue weighted by atomic mass is 9.87. The molecule has 7 rings (SSSR count). The Labute approximate surface area is 289 Å². The van der Waals surface area contributed by atoms with Crippen molar-refractivity contribution in [2.45, 2.75) is 45.9 Å². The molecule has 0 bridgehead atoms. The number of carbonyl (C=O) groups is 1. The minimum absolute atomic E-state index is 0.177. The van der Waals surface area contributed by atoms with Gasteiger partial charge in [0.05, 0.1) is 47.0 Å². The summed E-state index contributed by atoms with van der Waals surface area (Å²) in [5.74, 6) is -1.18. The van der Waals surface area contributed by atoms with Crippen LogP contribution >= 0.6 is 11.6 Å². The third kappa shape index (κ3) is 5.75. The number of anilines is 1. The maximum absolute atomic E-state index is 13.3. The summed E-state index contributed by atoms with van der Waals surface area (Å²) in [6.07, 6.45) is 3.38. The van der Waals surface area contributed by atoms with Gasteiger partial charge in [0.1, 0.15) is 0 Å². The lowest BCUT2D eigenvalue weighted by Gasteiger charge is -2.34. The Bertz CT molecular complexity index is 2410. The highest BCUT2D eigenvalue weighted by atomic mass is 35.5. The Morgan fingerprint density at radius 1 is 1.00 bits per heavy atom. The molecule has 1 aliphatic rings. The van der Waals surface area contributed by atoms with Crippen molar-refractivity contribution < 1.29 is 23.1 Å². The van der Waals surface area contributed by atoms with Crippen LogP contribution in [-0.2, 0) is 33.1 Å². The number of carboxylic acid groups (broad SMARTS) is 1. The molecule has 0 aliphatic carbocycles. The van der Waals surface area contributed by atoms with Gasteiger partial charge in [0.15, 0.2) is 6.10 Å². The van der Waals surface area contributed by atoms with Crippen molar-refractivity contribution in [2.75, 3.05) is 17.1 Å². The summed E-state index contributed by atoms with van der Waals surface area (Å²) < 4.78 is 38.3. The molecule has 10 nitrogen and oxygen atoms in total. The van der Waals surface area contributed by atoms with Crippen LogP contribution in [0, 0.1) is 6.92 Å². The lowest BCUT2D eigenvalue weighted by molar-refractivity contribution is -0.160. The SMILES string of the molecule is Cc1c(C(OC(C)(C)C)C(=O)O)c(-c2ccc(Cl)cc2)c2cc(-c3ccnc(-c4ccc5c(cnn5C)c4)c3)n3c2c1N(S(C)(=O)=O)CC3. The van der Waals surface area contributed by atoms with Crippen LogP contribution < -0.4 is 4.31 Å². The van der Waals surface area contributed by atoms with Gasteiger partial charge in [-0.15, -0.1) is 0 Å². The molecule has 12 heteroatoms. The molecule has 0 spiro atoms. The van der Waals surface area contributed by atoms with E-state index in [1.165, 1.54) is 10.6 Å². The second-order valence-corrected chi connectivity index (χ2v) is 15.8. The highest BCUT2D eigenvalue weighted by Gasteiger charge is 2.38. The van der Waals surface area contributed by atoms with Crippen LogP contribution in [0.25, 0.3) is 55.4 Å². The van der Waals surface area contributed by atoms with Gasteiger partial charge in [-0.2, -0.15) is 5.10 Å². The molecule has 0 radical (unpaired) electrons. The second-order valence-electron chi connectivity index (χ2n) is 13.5. The van der Waals surface area contributed by atoms with Crippen molar-refractivity contribution in [3.8, 4) is 33.6 Å². The van der Waals surface area contributed by atoms with Gasteiger partial charge >= 0.3 is 5.97 Å². The average molecular weight is 698 g/mol. The number of aromatic nitrogens is 4. The Morgan fingerprint density at radius 3 is 2.39 bits per heavy atom. The number of rotatable bonds is 7. The Morgan fingerprint density at radius 2 is 1.71 bits per heavy atom. The van der Waals surface area contributed by atoms with Gasteiger partial charge in [-0.25, -0.2) is 13.2 Å². The molecule has 0 amide bonds. The average Bonchev–Trinajstić information content (AvgIpc) is 3.61. The number of sulfonamides is 1. The molecule has 252 valence electrons. The quantitative estimate of drug-likeness (QED) is 0.182. The highest BCUT2D eigenvalue weighted by molar-refractivity contribution is 7.92. The lowest BCUT2D eigenvalue weighted by Crippen LogP contribution is -2.37. The zero-order valence-electron chi connectivity index (χ0n) is 28.0. The molecule has 1 aliphatic heterocycles. The first-order chi connectivity index (χ1) is 23.1. The normalized spacial score (nSPS) is 14.1. The highest BCUT2D eigenvalue weighted by Crippen LogP contribution is 2.50. The monoisotopic (exact) mass is 697 g/mol. The topological polar surface area (TPSA) is 120 Å². The van der Waals surface area contributed by atoms with E-state index in [9.17, 15) is 18.3 Å². The Kier molecular flexibility index (Phi) is 7.85. The van der Waals surface area contributed by atoms with Crippen LogP contribution in [0.5, 0.6) is 0 Å². The van der Waals surface area contributed by atoms with Gasteiger partial charge in [-0.1, -0.05) is 29.8 Å². The van der Waals surface area contributed by atoms with Crippen LogP contribution in [0.1, 0.15) is 38.0 Å². The van der Waals surface area contributed by atoms with Crippen molar-refractivity contribution in [2.24, 2.45) is 7.05 Å². The zero-order valence-corrected chi connectivity index (χ0v) is 29.6. The predicted molar refractivity (Wildman–Crippen MR) is 193 cm³/mol. The van der Waals surface area contributed by atoms with E-state index < -0.39 is 27.7 Å². The minimum Gasteiger partial charge on any atom is -0.479 e. The number of nitrogens with zero attached hydrogens (tertiary/aromatic N) is 5. The fourth-order valence-corrected chi connectivity index (χ4v) is 8.05. The first-order valence-electron chi connectivity index (χ1n) is 15.8. The number of carboxylic acids is 1. The number of pyridine rings is 1. The molecular formula is C37H36ClN5O5S. The molecule has 3 aromatic carbocycles. The summed E-state index contributed by atoms with van der Waals surface area (Å²) in [5.41, 5.74) is 7.08. The van der Waals surface area contributed by atoms with E-state index in [2.05, 4.69) is 15.7 Å². The zero-order chi connectivity index (χ0) is 35.0. The standard InChI is InChI=1S/C37H36ClN5O5S/c1-21-31(35(36(44)45)48-37(2,3)4)32(22-7-10-26(38)11-8-22)27-19-30(42-15-16-43(49(6,46)47)33(21)34(27)42)24-13-14-39-28(18-24)23-9-12-29-25(17-23)20-40-41(29)5/h7-14,17-20,35H,15-16H2,1-6H3,(H,44,45). The van der Waals surface area contributed by atoms with E-state index in [4.69, 9.17) is 21.3 Å². The van der Waals surface area contributed by atoms with E-state index in [0.717, 1.165) is 39.0 Å². The van der Waals surface area contributed by atoms with Gasteiger partial charge in [0.2, 0.25) is 10.0 Å². The van der Waals surface area contributed by atoms with Crippen LogP contribution in [0.3, 0.4) is 0 Å². The Hall–Kier alpha value is -4.71. The third-order valence-corrected chi connectivity index (χ3v) is 10.4. The van der Waals surface area contributed by atoms with Crippen LogP contribution in [0.4, 0.5) is 5.69 Å². The van der Waals surface area contributed by atoms with Crippen molar-refractivity contribution in [3.63, 3.8) is 0 Å². The van der Waals surface area contributed by atoms with Crippen LogP contribution in [-0.4, -0.2) is 57.2 Å². The number of halogens is 1. The maximum atomic E-state index is 13.3. The van der Waals surface area contributed by atoms with E-state index in [1.54, 1.807) is 46.0 Å². The molecule has 1 unspecified atom stereocenters. The van der Waals surface area contributed by atoms with Crippen LogP contribution in [0.15, 0.2) is 73.1 Å². The van der Waals surface area contributed by atoms with Gasteiger partial charge in [0.25, 0.3) is 0 Å². The van der Waals surface area contributed by atoms with Crippen LogP contribution in [0.2, 0.25) is 5.02 Å². The molecule has 1 atom stereocenters.